The van der Waals surface area contributed by atoms with Gasteiger partial charge in [0.1, 0.15) is 0 Å². The summed E-state index contributed by atoms with van der Waals surface area (Å²) in [4.78, 5) is 11.6. The number of aromatic nitrogens is 1. The van der Waals surface area contributed by atoms with E-state index >= 15 is 0 Å². The predicted octanol–water partition coefficient (Wildman–Crippen LogP) is 3.03. The molecule has 120 valence electrons. The Morgan fingerprint density at radius 2 is 2.10 bits per heavy atom. The molecular formula is C14H21F3N2O2. The molecule has 21 heavy (non-hydrogen) atoms. The number of pyridine rings is 1. The molecular weight excluding hydrogens is 285 g/mol. The van der Waals surface area contributed by atoms with Gasteiger partial charge in [0, 0.05) is 38.4 Å². The van der Waals surface area contributed by atoms with Gasteiger partial charge in [-0.05, 0) is 25.8 Å². The molecule has 0 aliphatic heterocycles. The average Bonchev–Trinajstić information content (AvgIpc) is 2.38. The number of hydrogen-bond donors (Lipinski definition) is 1. The second-order valence-corrected chi connectivity index (χ2v) is 4.99. The lowest BCUT2D eigenvalue weighted by Gasteiger charge is -2.16. The van der Waals surface area contributed by atoms with Gasteiger partial charge < -0.3 is 14.6 Å². The Hall–Kier alpha value is -1.50. The number of anilines is 1. The highest BCUT2D eigenvalue weighted by atomic mass is 19.4. The van der Waals surface area contributed by atoms with Gasteiger partial charge >= 0.3 is 6.18 Å². The minimum Gasteiger partial charge on any atom is -0.383 e. The maximum Gasteiger partial charge on any atom is 0.389 e. The fraction of sp³-hybridized carbons (Fsp3) is 0.643. The molecule has 0 bridgehead atoms. The lowest BCUT2D eigenvalue weighted by molar-refractivity contribution is -0.135. The van der Waals surface area contributed by atoms with Crippen LogP contribution in [-0.2, 0) is 11.3 Å². The third-order valence-electron chi connectivity index (χ3n) is 3.03. The number of alkyl halides is 3. The highest BCUT2D eigenvalue weighted by Gasteiger charge is 2.26. The molecule has 4 nitrogen and oxygen atoms in total. The van der Waals surface area contributed by atoms with Crippen molar-refractivity contribution in [3.05, 3.63) is 28.7 Å². The summed E-state index contributed by atoms with van der Waals surface area (Å²) in [5, 5.41) is 3.10. The molecule has 1 N–H and O–H groups in total. The molecule has 0 amide bonds. The molecule has 0 aliphatic carbocycles. The van der Waals surface area contributed by atoms with E-state index < -0.39 is 12.6 Å². The summed E-state index contributed by atoms with van der Waals surface area (Å²) in [6, 6.07) is 2.97. The molecule has 0 aromatic carbocycles. The summed E-state index contributed by atoms with van der Waals surface area (Å²) in [6.45, 7) is 2.68. The molecule has 0 saturated heterocycles. The van der Waals surface area contributed by atoms with E-state index in [-0.39, 0.29) is 18.0 Å². The first-order chi connectivity index (χ1) is 9.81. The molecule has 0 fully saturated rings. The van der Waals surface area contributed by atoms with Crippen LogP contribution in [0.2, 0.25) is 0 Å². The normalized spacial score (nSPS) is 13.2. The van der Waals surface area contributed by atoms with Crippen LogP contribution in [0.15, 0.2) is 23.1 Å². The van der Waals surface area contributed by atoms with E-state index in [2.05, 4.69) is 5.32 Å². The molecule has 0 saturated carbocycles. The van der Waals surface area contributed by atoms with Crippen LogP contribution in [-0.4, -0.2) is 30.5 Å². The van der Waals surface area contributed by atoms with Crippen molar-refractivity contribution in [3.63, 3.8) is 0 Å². The first-order valence-electron chi connectivity index (χ1n) is 6.84. The number of methoxy groups -OCH3 is 1. The van der Waals surface area contributed by atoms with E-state index in [0.29, 0.717) is 25.3 Å². The van der Waals surface area contributed by atoms with Crippen molar-refractivity contribution in [1.82, 2.24) is 4.57 Å². The van der Waals surface area contributed by atoms with Gasteiger partial charge in [0.05, 0.1) is 12.3 Å². The first-order valence-corrected chi connectivity index (χ1v) is 6.84. The van der Waals surface area contributed by atoms with Crippen molar-refractivity contribution < 1.29 is 17.9 Å². The molecule has 1 unspecified atom stereocenters. The van der Waals surface area contributed by atoms with Crippen LogP contribution in [0.3, 0.4) is 0 Å². The van der Waals surface area contributed by atoms with Crippen LogP contribution >= 0.6 is 0 Å². The fourth-order valence-corrected chi connectivity index (χ4v) is 1.95. The zero-order chi connectivity index (χ0) is 15.9. The summed E-state index contributed by atoms with van der Waals surface area (Å²) in [7, 11) is 1.55. The lowest BCUT2D eigenvalue weighted by atomic mass is 10.1. The average molecular weight is 306 g/mol. The third-order valence-corrected chi connectivity index (χ3v) is 3.03. The monoisotopic (exact) mass is 306 g/mol. The fourth-order valence-electron chi connectivity index (χ4n) is 1.95. The predicted molar refractivity (Wildman–Crippen MR) is 75.6 cm³/mol. The van der Waals surface area contributed by atoms with E-state index in [1.807, 2.05) is 6.92 Å². The maximum atomic E-state index is 12.1. The highest BCUT2D eigenvalue weighted by molar-refractivity contribution is 5.41. The van der Waals surface area contributed by atoms with Crippen molar-refractivity contribution in [2.75, 3.05) is 19.0 Å². The van der Waals surface area contributed by atoms with Gasteiger partial charge in [-0.1, -0.05) is 0 Å². The van der Waals surface area contributed by atoms with Crippen LogP contribution in [0, 0.1) is 0 Å². The molecule has 7 heteroatoms. The second-order valence-electron chi connectivity index (χ2n) is 4.99. The lowest BCUT2D eigenvalue weighted by Crippen LogP contribution is -2.23. The smallest absolute Gasteiger partial charge is 0.383 e. The Labute approximate surface area is 121 Å². The summed E-state index contributed by atoms with van der Waals surface area (Å²) in [5.74, 6) is 0. The molecule has 1 atom stereocenters. The summed E-state index contributed by atoms with van der Waals surface area (Å²) in [5.41, 5.74) is 0.576. The largest absolute Gasteiger partial charge is 0.389 e. The number of ether oxygens (including phenoxy) is 1. The Morgan fingerprint density at radius 1 is 1.38 bits per heavy atom. The molecule has 0 radical (unpaired) electrons. The highest BCUT2D eigenvalue weighted by Crippen LogP contribution is 2.23. The minimum absolute atomic E-state index is 0.0843. The molecule has 0 spiro atoms. The number of halogens is 3. The quantitative estimate of drug-likeness (QED) is 0.803. The van der Waals surface area contributed by atoms with Gasteiger partial charge in [0.25, 0.3) is 5.56 Å². The number of hydrogen-bond acceptors (Lipinski definition) is 3. The van der Waals surface area contributed by atoms with Gasteiger partial charge in [-0.15, -0.1) is 0 Å². The molecule has 1 heterocycles. The first kappa shape index (κ1) is 17.6. The molecule has 0 aliphatic rings. The van der Waals surface area contributed by atoms with Gasteiger partial charge in [-0.25, -0.2) is 0 Å². The minimum atomic E-state index is -4.10. The van der Waals surface area contributed by atoms with Crippen LogP contribution in [0.1, 0.15) is 26.2 Å². The maximum absolute atomic E-state index is 12.1. The van der Waals surface area contributed by atoms with Crippen molar-refractivity contribution in [3.8, 4) is 0 Å². The van der Waals surface area contributed by atoms with Crippen LogP contribution in [0.5, 0.6) is 0 Å². The Morgan fingerprint density at radius 3 is 2.71 bits per heavy atom. The van der Waals surface area contributed by atoms with Gasteiger partial charge in [0.2, 0.25) is 0 Å². The number of nitrogens with zero attached hydrogens (tertiary/aromatic N) is 1. The number of nitrogens with one attached hydrogen (secondary N) is 1. The summed E-state index contributed by atoms with van der Waals surface area (Å²) >= 11 is 0. The summed E-state index contributed by atoms with van der Waals surface area (Å²) in [6.07, 6.45) is -2.72. The van der Waals surface area contributed by atoms with Crippen LogP contribution in [0.25, 0.3) is 0 Å². The van der Waals surface area contributed by atoms with Crippen LogP contribution in [0.4, 0.5) is 18.9 Å². The third kappa shape index (κ3) is 7.17. The van der Waals surface area contributed by atoms with Crippen molar-refractivity contribution in [1.29, 1.82) is 0 Å². The van der Waals surface area contributed by atoms with Gasteiger partial charge in [0.15, 0.2) is 0 Å². The standard InChI is InChI=1S/C14H21F3N2O2/c1-11(4-3-7-14(15,16)17)18-12-5-6-13(20)19(10-12)8-9-21-2/h5-6,10-11,18H,3-4,7-9H2,1-2H3. The Kier molecular flexibility index (Phi) is 6.74. The van der Waals surface area contributed by atoms with E-state index in [1.165, 1.54) is 10.6 Å². The Bertz CT molecular complexity index is 486. The van der Waals surface area contributed by atoms with Crippen molar-refractivity contribution >= 4 is 5.69 Å². The zero-order valence-electron chi connectivity index (χ0n) is 12.2. The van der Waals surface area contributed by atoms with E-state index in [4.69, 9.17) is 4.74 Å². The number of rotatable bonds is 8. The van der Waals surface area contributed by atoms with Gasteiger partial charge in [-0.3, -0.25) is 4.79 Å². The van der Waals surface area contributed by atoms with Crippen molar-refractivity contribution in [2.45, 2.75) is 44.9 Å². The topological polar surface area (TPSA) is 43.3 Å². The molecule has 1 rings (SSSR count). The van der Waals surface area contributed by atoms with E-state index in [0.717, 1.165) is 0 Å². The van der Waals surface area contributed by atoms with Crippen molar-refractivity contribution in [2.24, 2.45) is 0 Å². The summed E-state index contributed by atoms with van der Waals surface area (Å²) < 4.78 is 42.7. The van der Waals surface area contributed by atoms with E-state index in [1.54, 1.807) is 19.4 Å². The molecule has 1 aromatic rings. The van der Waals surface area contributed by atoms with Crippen LogP contribution < -0.4 is 10.9 Å². The molecule has 1 aromatic heterocycles. The zero-order valence-corrected chi connectivity index (χ0v) is 12.2. The Balaban J connectivity index is 2.52. The second kappa shape index (κ2) is 8.07. The van der Waals surface area contributed by atoms with E-state index in [9.17, 15) is 18.0 Å². The van der Waals surface area contributed by atoms with Gasteiger partial charge in [-0.2, -0.15) is 13.2 Å². The SMILES string of the molecule is COCCn1cc(NC(C)CCCC(F)(F)F)ccc1=O.